The second-order valence-electron chi connectivity index (χ2n) is 6.02. The predicted molar refractivity (Wildman–Crippen MR) is 84.0 cm³/mol. The van der Waals surface area contributed by atoms with Gasteiger partial charge in [0.25, 0.3) is 0 Å². The minimum atomic E-state index is 0.584. The number of nitrogens with zero attached hydrogens (tertiary/aromatic N) is 6. The molecule has 0 unspecified atom stereocenters. The summed E-state index contributed by atoms with van der Waals surface area (Å²) in [5.74, 6) is 3.31. The number of H-pyrrole nitrogens is 1. The molecule has 2 fully saturated rings. The Morgan fingerprint density at radius 3 is 2.23 bits per heavy atom. The van der Waals surface area contributed by atoms with Gasteiger partial charge >= 0.3 is 0 Å². The highest BCUT2D eigenvalue weighted by Gasteiger charge is 2.24. The summed E-state index contributed by atoms with van der Waals surface area (Å²) in [6.45, 7) is 3.61. The number of hydrogen-bond acceptors (Lipinski definition) is 6. The van der Waals surface area contributed by atoms with Crippen molar-refractivity contribution in [2.75, 3.05) is 36.0 Å². The molecule has 1 saturated heterocycles. The third-order valence-corrected chi connectivity index (χ3v) is 4.63. The Morgan fingerprint density at radius 2 is 1.55 bits per heavy atom. The van der Waals surface area contributed by atoms with Crippen molar-refractivity contribution < 1.29 is 0 Å². The van der Waals surface area contributed by atoms with Crippen molar-refractivity contribution in [2.24, 2.45) is 0 Å². The summed E-state index contributed by atoms with van der Waals surface area (Å²) in [5.41, 5.74) is 0. The molecule has 116 valence electrons. The van der Waals surface area contributed by atoms with Gasteiger partial charge in [0, 0.05) is 44.5 Å². The summed E-state index contributed by atoms with van der Waals surface area (Å²) < 4.78 is 0. The summed E-state index contributed by atoms with van der Waals surface area (Å²) >= 11 is 0. The van der Waals surface area contributed by atoms with Gasteiger partial charge in [-0.05, 0) is 18.9 Å². The summed E-state index contributed by atoms with van der Waals surface area (Å²) in [6.07, 6.45) is 8.70. The normalized spacial score (nSPS) is 19.8. The van der Waals surface area contributed by atoms with Crippen LogP contribution in [-0.2, 0) is 0 Å². The van der Waals surface area contributed by atoms with Crippen molar-refractivity contribution >= 4 is 11.9 Å². The standard InChI is InChI=1S/C15H21N7/c1-2-5-12(4-1)13-18-15(20-19-13)22-10-8-21(9-11-22)14-16-6-3-7-17-14/h3,6-7,12H,1-2,4-5,8-11H2,(H,18,19,20). The Labute approximate surface area is 129 Å². The van der Waals surface area contributed by atoms with Crippen molar-refractivity contribution in [3.8, 4) is 0 Å². The van der Waals surface area contributed by atoms with Crippen LogP contribution in [-0.4, -0.2) is 51.3 Å². The van der Waals surface area contributed by atoms with E-state index in [1.807, 2.05) is 6.07 Å². The number of aromatic amines is 1. The molecule has 4 rings (SSSR count). The first kappa shape index (κ1) is 13.5. The lowest BCUT2D eigenvalue weighted by molar-refractivity contribution is 0.628. The Morgan fingerprint density at radius 1 is 0.909 bits per heavy atom. The zero-order valence-corrected chi connectivity index (χ0v) is 12.6. The van der Waals surface area contributed by atoms with E-state index in [9.17, 15) is 0 Å². The average Bonchev–Trinajstić information content (AvgIpc) is 3.27. The van der Waals surface area contributed by atoms with Crippen molar-refractivity contribution in [3.05, 3.63) is 24.3 Å². The van der Waals surface area contributed by atoms with Gasteiger partial charge in [0.15, 0.2) is 0 Å². The predicted octanol–water partition coefficient (Wildman–Crippen LogP) is 1.58. The van der Waals surface area contributed by atoms with E-state index in [0.29, 0.717) is 5.92 Å². The molecule has 2 aromatic heterocycles. The summed E-state index contributed by atoms with van der Waals surface area (Å²) in [4.78, 5) is 17.8. The van der Waals surface area contributed by atoms with Crippen molar-refractivity contribution in [2.45, 2.75) is 31.6 Å². The number of anilines is 2. The van der Waals surface area contributed by atoms with Crippen LogP contribution in [0.3, 0.4) is 0 Å². The molecule has 1 aliphatic carbocycles. The minimum Gasteiger partial charge on any atom is -0.337 e. The van der Waals surface area contributed by atoms with Crippen LogP contribution in [0.5, 0.6) is 0 Å². The first-order chi connectivity index (χ1) is 10.9. The number of hydrogen-bond donors (Lipinski definition) is 1. The monoisotopic (exact) mass is 299 g/mol. The van der Waals surface area contributed by atoms with Crippen LogP contribution in [0.15, 0.2) is 18.5 Å². The largest absolute Gasteiger partial charge is 0.337 e. The third kappa shape index (κ3) is 2.63. The minimum absolute atomic E-state index is 0.584. The molecule has 0 aromatic carbocycles. The van der Waals surface area contributed by atoms with E-state index >= 15 is 0 Å². The van der Waals surface area contributed by atoms with Crippen LogP contribution in [0, 0.1) is 0 Å². The van der Waals surface area contributed by atoms with Gasteiger partial charge in [-0.1, -0.05) is 12.8 Å². The molecule has 0 amide bonds. The fourth-order valence-corrected chi connectivity index (χ4v) is 3.35. The zero-order valence-electron chi connectivity index (χ0n) is 12.6. The maximum Gasteiger partial charge on any atom is 0.244 e. The smallest absolute Gasteiger partial charge is 0.244 e. The highest BCUT2D eigenvalue weighted by Crippen LogP contribution is 2.32. The maximum atomic E-state index is 4.72. The van der Waals surface area contributed by atoms with Crippen molar-refractivity contribution in [1.82, 2.24) is 25.1 Å². The molecule has 2 aromatic rings. The van der Waals surface area contributed by atoms with Gasteiger partial charge in [0.1, 0.15) is 5.82 Å². The lowest BCUT2D eigenvalue weighted by Crippen LogP contribution is -2.47. The van der Waals surface area contributed by atoms with E-state index in [1.165, 1.54) is 25.7 Å². The number of aromatic nitrogens is 5. The topological polar surface area (TPSA) is 73.8 Å². The molecule has 3 heterocycles. The van der Waals surface area contributed by atoms with E-state index < -0.39 is 0 Å². The second-order valence-corrected chi connectivity index (χ2v) is 6.02. The van der Waals surface area contributed by atoms with Crippen LogP contribution >= 0.6 is 0 Å². The van der Waals surface area contributed by atoms with E-state index in [4.69, 9.17) is 4.98 Å². The highest BCUT2D eigenvalue weighted by molar-refractivity contribution is 5.37. The van der Waals surface area contributed by atoms with Gasteiger partial charge in [-0.3, -0.25) is 5.10 Å². The van der Waals surface area contributed by atoms with Crippen LogP contribution in [0.25, 0.3) is 0 Å². The molecule has 1 aliphatic heterocycles. The molecule has 1 N–H and O–H groups in total. The van der Waals surface area contributed by atoms with Gasteiger partial charge in [-0.2, -0.15) is 4.98 Å². The summed E-state index contributed by atoms with van der Waals surface area (Å²) in [7, 11) is 0. The Bertz CT molecular complexity index is 597. The van der Waals surface area contributed by atoms with Gasteiger partial charge in [-0.25, -0.2) is 9.97 Å². The SMILES string of the molecule is c1cnc(N2CCN(c3n[nH]c(C4CCCC4)n3)CC2)nc1. The second kappa shape index (κ2) is 5.90. The molecule has 0 bridgehead atoms. The van der Waals surface area contributed by atoms with E-state index in [2.05, 4.69) is 30.0 Å². The third-order valence-electron chi connectivity index (χ3n) is 4.63. The molecule has 0 spiro atoms. The van der Waals surface area contributed by atoms with Crippen LogP contribution in [0.2, 0.25) is 0 Å². The lowest BCUT2D eigenvalue weighted by atomic mass is 10.1. The first-order valence-electron chi connectivity index (χ1n) is 8.09. The summed E-state index contributed by atoms with van der Waals surface area (Å²) in [6, 6.07) is 1.85. The molecule has 7 nitrogen and oxygen atoms in total. The van der Waals surface area contributed by atoms with Gasteiger partial charge in [0.05, 0.1) is 0 Å². The van der Waals surface area contributed by atoms with Crippen molar-refractivity contribution in [3.63, 3.8) is 0 Å². The van der Waals surface area contributed by atoms with Crippen LogP contribution in [0.4, 0.5) is 11.9 Å². The quantitative estimate of drug-likeness (QED) is 0.927. The maximum absolute atomic E-state index is 4.72. The van der Waals surface area contributed by atoms with Crippen molar-refractivity contribution in [1.29, 1.82) is 0 Å². The van der Waals surface area contributed by atoms with E-state index in [0.717, 1.165) is 43.9 Å². The van der Waals surface area contributed by atoms with E-state index in [-0.39, 0.29) is 0 Å². The average molecular weight is 299 g/mol. The molecule has 22 heavy (non-hydrogen) atoms. The molecule has 0 radical (unpaired) electrons. The lowest BCUT2D eigenvalue weighted by Gasteiger charge is -2.33. The van der Waals surface area contributed by atoms with Gasteiger partial charge in [0.2, 0.25) is 11.9 Å². The zero-order chi connectivity index (χ0) is 14.8. The van der Waals surface area contributed by atoms with Crippen LogP contribution < -0.4 is 9.80 Å². The van der Waals surface area contributed by atoms with Crippen LogP contribution in [0.1, 0.15) is 37.4 Å². The molecular formula is C15H21N7. The fraction of sp³-hybridized carbons (Fsp3) is 0.600. The molecule has 7 heteroatoms. The molecule has 2 aliphatic rings. The Hall–Kier alpha value is -2.18. The number of rotatable bonds is 3. The molecule has 1 saturated carbocycles. The summed E-state index contributed by atoms with van der Waals surface area (Å²) in [5, 5.41) is 7.57. The highest BCUT2D eigenvalue weighted by atomic mass is 15.4. The Balaban J connectivity index is 1.39. The van der Waals surface area contributed by atoms with Gasteiger partial charge in [-0.15, -0.1) is 5.10 Å². The Kier molecular flexibility index (Phi) is 3.62. The molecule has 0 atom stereocenters. The molecular weight excluding hydrogens is 278 g/mol. The van der Waals surface area contributed by atoms with E-state index in [1.54, 1.807) is 12.4 Å². The first-order valence-corrected chi connectivity index (χ1v) is 8.09. The number of piperazine rings is 1. The fourth-order valence-electron chi connectivity index (χ4n) is 3.35. The number of nitrogens with one attached hydrogen (secondary N) is 1. The van der Waals surface area contributed by atoms with Gasteiger partial charge < -0.3 is 9.80 Å².